The molecular weight excluding hydrogens is 164 g/mol. The van der Waals surface area contributed by atoms with Gasteiger partial charge >= 0.3 is 0 Å². The second-order valence-electron chi connectivity index (χ2n) is 3.16. The van der Waals surface area contributed by atoms with Crippen LogP contribution in [0.4, 0.5) is 0 Å². The zero-order chi connectivity index (χ0) is 10.7. The Balaban J connectivity index is 0. The molecule has 0 aliphatic carbocycles. The summed E-state index contributed by atoms with van der Waals surface area (Å²) < 4.78 is 4.92. The van der Waals surface area contributed by atoms with Crippen LogP contribution in [0.2, 0.25) is 0 Å². The molecular formula is C10H26N2O. The van der Waals surface area contributed by atoms with Crippen LogP contribution in [0.15, 0.2) is 0 Å². The summed E-state index contributed by atoms with van der Waals surface area (Å²) in [5.74, 6) is 0. The fraction of sp³-hybridized carbons (Fsp3) is 1.00. The summed E-state index contributed by atoms with van der Waals surface area (Å²) in [7, 11) is 5.83. The quantitative estimate of drug-likeness (QED) is 0.686. The summed E-state index contributed by atoms with van der Waals surface area (Å²) in [6.45, 7) is 5.78. The van der Waals surface area contributed by atoms with Gasteiger partial charge in [-0.25, -0.2) is 0 Å². The minimum atomic E-state index is 0.208. The summed E-state index contributed by atoms with van der Waals surface area (Å²) in [6, 6.07) is 0.208. The third-order valence-corrected chi connectivity index (χ3v) is 1.56. The lowest BCUT2D eigenvalue weighted by molar-refractivity contribution is 0.175. The van der Waals surface area contributed by atoms with E-state index in [9.17, 15) is 0 Å². The van der Waals surface area contributed by atoms with Gasteiger partial charge < -0.3 is 15.4 Å². The summed E-state index contributed by atoms with van der Waals surface area (Å²) in [5, 5.41) is 0. The molecule has 0 fully saturated rings. The maximum Gasteiger partial charge on any atom is 0.0613 e. The van der Waals surface area contributed by atoms with Crippen molar-refractivity contribution in [2.24, 2.45) is 5.73 Å². The van der Waals surface area contributed by atoms with Gasteiger partial charge in [-0.15, -0.1) is 0 Å². The van der Waals surface area contributed by atoms with Crippen molar-refractivity contribution in [3.05, 3.63) is 0 Å². The van der Waals surface area contributed by atoms with Gasteiger partial charge in [-0.05, 0) is 33.5 Å². The van der Waals surface area contributed by atoms with E-state index in [1.54, 1.807) is 7.11 Å². The van der Waals surface area contributed by atoms with Gasteiger partial charge in [0.1, 0.15) is 0 Å². The van der Waals surface area contributed by atoms with Crippen LogP contribution in [0.3, 0.4) is 0 Å². The molecule has 0 aromatic carbocycles. The highest BCUT2D eigenvalue weighted by Crippen LogP contribution is 1.95. The van der Waals surface area contributed by atoms with Gasteiger partial charge in [0.05, 0.1) is 6.61 Å². The Bertz CT molecular complexity index is 87.0. The largest absolute Gasteiger partial charge is 0.383 e. The van der Waals surface area contributed by atoms with Crippen molar-refractivity contribution in [3.63, 3.8) is 0 Å². The smallest absolute Gasteiger partial charge is 0.0613 e. The molecule has 2 N–H and O–H groups in total. The SMILES string of the molecule is CC.COCC(N)CCCN(C)C. The molecule has 0 rings (SSSR count). The average molecular weight is 190 g/mol. The second-order valence-corrected chi connectivity index (χ2v) is 3.16. The first kappa shape index (κ1) is 15.4. The van der Waals surface area contributed by atoms with Crippen molar-refractivity contribution in [2.45, 2.75) is 32.7 Å². The lowest BCUT2D eigenvalue weighted by Gasteiger charge is -2.12. The molecule has 0 aliphatic rings. The van der Waals surface area contributed by atoms with Gasteiger partial charge in [0.2, 0.25) is 0 Å². The van der Waals surface area contributed by atoms with Crippen LogP contribution in [0, 0.1) is 0 Å². The zero-order valence-electron chi connectivity index (χ0n) is 9.84. The topological polar surface area (TPSA) is 38.5 Å². The van der Waals surface area contributed by atoms with Gasteiger partial charge in [0.25, 0.3) is 0 Å². The highest BCUT2D eigenvalue weighted by Gasteiger charge is 2.00. The molecule has 82 valence electrons. The minimum absolute atomic E-state index is 0.208. The number of methoxy groups -OCH3 is 1. The monoisotopic (exact) mass is 190 g/mol. The lowest BCUT2D eigenvalue weighted by atomic mass is 10.2. The first-order valence-electron chi connectivity index (χ1n) is 5.06. The summed E-state index contributed by atoms with van der Waals surface area (Å²) in [5.41, 5.74) is 5.73. The van der Waals surface area contributed by atoms with E-state index < -0.39 is 0 Å². The van der Waals surface area contributed by atoms with E-state index in [4.69, 9.17) is 10.5 Å². The number of ether oxygens (including phenoxy) is 1. The Morgan fingerprint density at radius 2 is 1.85 bits per heavy atom. The van der Waals surface area contributed by atoms with Crippen LogP contribution < -0.4 is 5.73 Å². The molecule has 0 aromatic heterocycles. The zero-order valence-corrected chi connectivity index (χ0v) is 9.84. The maximum atomic E-state index is 5.73. The number of hydrogen-bond acceptors (Lipinski definition) is 3. The highest BCUT2D eigenvalue weighted by atomic mass is 16.5. The molecule has 13 heavy (non-hydrogen) atoms. The van der Waals surface area contributed by atoms with Gasteiger partial charge in [0, 0.05) is 13.2 Å². The molecule has 0 radical (unpaired) electrons. The van der Waals surface area contributed by atoms with Crippen LogP contribution in [0.1, 0.15) is 26.7 Å². The van der Waals surface area contributed by atoms with Gasteiger partial charge in [-0.2, -0.15) is 0 Å². The van der Waals surface area contributed by atoms with Crippen LogP contribution in [-0.4, -0.2) is 45.3 Å². The molecule has 0 amide bonds. The van der Waals surface area contributed by atoms with Crippen molar-refractivity contribution in [3.8, 4) is 0 Å². The molecule has 0 spiro atoms. The Morgan fingerprint density at radius 3 is 2.23 bits per heavy atom. The Hall–Kier alpha value is -0.120. The fourth-order valence-electron chi connectivity index (χ4n) is 0.967. The molecule has 0 saturated carbocycles. The maximum absolute atomic E-state index is 5.73. The summed E-state index contributed by atoms with van der Waals surface area (Å²) >= 11 is 0. The van der Waals surface area contributed by atoms with Gasteiger partial charge in [-0.1, -0.05) is 13.8 Å². The van der Waals surface area contributed by atoms with Crippen molar-refractivity contribution in [2.75, 3.05) is 34.4 Å². The Kier molecular flexibility index (Phi) is 14.0. The molecule has 1 atom stereocenters. The standard InChI is InChI=1S/C8H20N2O.C2H6/c1-10(2)6-4-5-8(9)7-11-3;1-2/h8H,4-7,9H2,1-3H3;1-2H3. The second kappa shape index (κ2) is 11.9. The lowest BCUT2D eigenvalue weighted by Crippen LogP contribution is -2.26. The van der Waals surface area contributed by atoms with E-state index >= 15 is 0 Å². The van der Waals surface area contributed by atoms with E-state index in [2.05, 4.69) is 19.0 Å². The number of nitrogens with zero attached hydrogens (tertiary/aromatic N) is 1. The van der Waals surface area contributed by atoms with E-state index in [1.807, 2.05) is 13.8 Å². The third-order valence-electron chi connectivity index (χ3n) is 1.56. The predicted octanol–water partition coefficient (Wildman–Crippen LogP) is 1.33. The van der Waals surface area contributed by atoms with Crippen LogP contribution in [-0.2, 0) is 4.74 Å². The summed E-state index contributed by atoms with van der Waals surface area (Å²) in [4.78, 5) is 2.17. The first-order chi connectivity index (χ1) is 6.16. The van der Waals surface area contributed by atoms with Crippen LogP contribution in [0.5, 0.6) is 0 Å². The van der Waals surface area contributed by atoms with E-state index in [0.717, 1.165) is 19.4 Å². The molecule has 0 bridgehead atoms. The van der Waals surface area contributed by atoms with E-state index in [0.29, 0.717) is 6.61 Å². The molecule has 3 heteroatoms. The van der Waals surface area contributed by atoms with Crippen LogP contribution >= 0.6 is 0 Å². The fourth-order valence-corrected chi connectivity index (χ4v) is 0.967. The first-order valence-corrected chi connectivity index (χ1v) is 5.06. The van der Waals surface area contributed by atoms with Crippen molar-refractivity contribution < 1.29 is 4.74 Å². The van der Waals surface area contributed by atoms with Gasteiger partial charge in [-0.3, -0.25) is 0 Å². The number of rotatable bonds is 6. The van der Waals surface area contributed by atoms with E-state index in [-0.39, 0.29) is 6.04 Å². The van der Waals surface area contributed by atoms with Crippen molar-refractivity contribution in [1.82, 2.24) is 4.90 Å². The number of nitrogens with two attached hydrogens (primary N) is 1. The molecule has 0 aliphatic heterocycles. The average Bonchev–Trinajstić information content (AvgIpc) is 2.08. The van der Waals surface area contributed by atoms with Gasteiger partial charge in [0.15, 0.2) is 0 Å². The minimum Gasteiger partial charge on any atom is -0.383 e. The molecule has 1 unspecified atom stereocenters. The predicted molar refractivity (Wildman–Crippen MR) is 59.0 cm³/mol. The Morgan fingerprint density at radius 1 is 1.31 bits per heavy atom. The normalized spacial score (nSPS) is 12.2. The number of hydrogen-bond donors (Lipinski definition) is 1. The molecule has 3 nitrogen and oxygen atoms in total. The molecule has 0 heterocycles. The van der Waals surface area contributed by atoms with E-state index in [1.165, 1.54) is 0 Å². The highest BCUT2D eigenvalue weighted by molar-refractivity contribution is 4.60. The third kappa shape index (κ3) is 14.7. The summed E-state index contributed by atoms with van der Waals surface area (Å²) in [6.07, 6.45) is 2.20. The van der Waals surface area contributed by atoms with Crippen LogP contribution in [0.25, 0.3) is 0 Å². The molecule has 0 aromatic rings. The van der Waals surface area contributed by atoms with Crippen molar-refractivity contribution >= 4 is 0 Å². The van der Waals surface area contributed by atoms with Crippen molar-refractivity contribution in [1.29, 1.82) is 0 Å². The molecule has 0 saturated heterocycles. The Labute approximate surface area is 83.2 Å².